The van der Waals surface area contributed by atoms with Gasteiger partial charge in [0.15, 0.2) is 0 Å². The van der Waals surface area contributed by atoms with Crippen LogP contribution in [-0.2, 0) is 0 Å². The average Bonchev–Trinajstić information content (AvgIpc) is 2.02. The first-order chi connectivity index (χ1) is 5.77. The predicted octanol–water partition coefficient (Wildman–Crippen LogP) is 1.93. The third kappa shape index (κ3) is 9.92. The molecule has 0 saturated carbocycles. The molecule has 0 aliphatic carbocycles. The van der Waals surface area contributed by atoms with E-state index >= 15 is 0 Å². The largest absolute Gasteiger partial charge is 0.393 e. The molecule has 0 bridgehead atoms. The number of rotatable bonds is 8. The first kappa shape index (κ1) is 11.9. The van der Waals surface area contributed by atoms with E-state index in [4.69, 9.17) is 5.11 Å². The topological polar surface area (TPSA) is 32.3 Å². The number of hydrogen-bond donors (Lipinski definition) is 2. The van der Waals surface area contributed by atoms with Gasteiger partial charge < -0.3 is 10.4 Å². The predicted molar refractivity (Wildman–Crippen MR) is 53.3 cm³/mol. The molecule has 12 heavy (non-hydrogen) atoms. The van der Waals surface area contributed by atoms with E-state index in [1.807, 2.05) is 6.92 Å². The molecule has 0 amide bonds. The van der Waals surface area contributed by atoms with Crippen molar-refractivity contribution >= 4 is 0 Å². The van der Waals surface area contributed by atoms with Gasteiger partial charge in [-0.3, -0.25) is 0 Å². The zero-order valence-electron chi connectivity index (χ0n) is 8.47. The first-order valence-corrected chi connectivity index (χ1v) is 5.16. The molecule has 0 saturated heterocycles. The Morgan fingerprint density at radius 3 is 2.50 bits per heavy atom. The van der Waals surface area contributed by atoms with E-state index in [1.54, 1.807) is 0 Å². The van der Waals surface area contributed by atoms with E-state index in [2.05, 4.69) is 12.2 Å². The summed E-state index contributed by atoms with van der Waals surface area (Å²) < 4.78 is 0. The average molecular weight is 173 g/mol. The van der Waals surface area contributed by atoms with Gasteiger partial charge in [0.25, 0.3) is 0 Å². The van der Waals surface area contributed by atoms with Crippen molar-refractivity contribution in [3.63, 3.8) is 0 Å². The van der Waals surface area contributed by atoms with Crippen LogP contribution in [0.3, 0.4) is 0 Å². The molecule has 0 aliphatic rings. The van der Waals surface area contributed by atoms with Crippen molar-refractivity contribution in [3.05, 3.63) is 0 Å². The molecule has 2 N–H and O–H groups in total. The van der Waals surface area contributed by atoms with Crippen LogP contribution in [0, 0.1) is 0 Å². The fourth-order valence-electron chi connectivity index (χ4n) is 1.11. The van der Waals surface area contributed by atoms with Gasteiger partial charge in [-0.1, -0.05) is 26.2 Å². The smallest absolute Gasteiger partial charge is 0.0524 e. The van der Waals surface area contributed by atoms with Crippen LogP contribution < -0.4 is 5.32 Å². The number of unbranched alkanes of at least 4 members (excludes halogenated alkanes) is 3. The van der Waals surface area contributed by atoms with Crippen molar-refractivity contribution < 1.29 is 5.11 Å². The van der Waals surface area contributed by atoms with Gasteiger partial charge in [-0.25, -0.2) is 0 Å². The summed E-state index contributed by atoms with van der Waals surface area (Å²) in [5.41, 5.74) is 0. The molecule has 1 unspecified atom stereocenters. The van der Waals surface area contributed by atoms with Crippen LogP contribution >= 0.6 is 0 Å². The Kier molecular flexibility index (Phi) is 8.95. The van der Waals surface area contributed by atoms with Crippen LogP contribution in [0.4, 0.5) is 0 Å². The minimum atomic E-state index is -0.159. The molecular formula is C10H23NO. The standard InChI is InChI=1S/C10H23NO/c1-3-4-5-6-8-11-9-7-10(2)12/h10-12H,3-9H2,1-2H3. The SMILES string of the molecule is CCCCCCNCCC(C)O. The second-order valence-corrected chi connectivity index (χ2v) is 3.45. The third-order valence-corrected chi connectivity index (χ3v) is 1.95. The first-order valence-electron chi connectivity index (χ1n) is 5.16. The summed E-state index contributed by atoms with van der Waals surface area (Å²) in [7, 11) is 0. The molecule has 0 aromatic heterocycles. The molecule has 1 atom stereocenters. The Labute approximate surface area is 76.4 Å². The van der Waals surface area contributed by atoms with Gasteiger partial charge in [-0.05, 0) is 32.9 Å². The Balaban J connectivity index is 2.82. The maximum absolute atomic E-state index is 8.95. The van der Waals surface area contributed by atoms with E-state index in [0.29, 0.717) is 0 Å². The third-order valence-electron chi connectivity index (χ3n) is 1.95. The summed E-state index contributed by atoms with van der Waals surface area (Å²) in [6.07, 6.45) is 5.96. The minimum absolute atomic E-state index is 0.159. The van der Waals surface area contributed by atoms with Crippen LogP contribution in [0.1, 0.15) is 46.0 Å². The van der Waals surface area contributed by atoms with Crippen molar-refractivity contribution in [2.24, 2.45) is 0 Å². The van der Waals surface area contributed by atoms with E-state index in [-0.39, 0.29) is 6.10 Å². The summed E-state index contributed by atoms with van der Waals surface area (Å²) >= 11 is 0. The molecular weight excluding hydrogens is 150 g/mol. The molecule has 0 aliphatic heterocycles. The van der Waals surface area contributed by atoms with E-state index < -0.39 is 0 Å². The molecule has 2 nitrogen and oxygen atoms in total. The maximum atomic E-state index is 8.95. The van der Waals surface area contributed by atoms with E-state index in [0.717, 1.165) is 19.5 Å². The summed E-state index contributed by atoms with van der Waals surface area (Å²) in [5, 5.41) is 12.3. The van der Waals surface area contributed by atoms with E-state index in [9.17, 15) is 0 Å². The van der Waals surface area contributed by atoms with Gasteiger partial charge in [0.2, 0.25) is 0 Å². The molecule has 74 valence electrons. The summed E-state index contributed by atoms with van der Waals surface area (Å²) in [4.78, 5) is 0. The summed E-state index contributed by atoms with van der Waals surface area (Å²) in [5.74, 6) is 0. The lowest BCUT2D eigenvalue weighted by Crippen LogP contribution is -2.20. The zero-order chi connectivity index (χ0) is 9.23. The highest BCUT2D eigenvalue weighted by Gasteiger charge is 1.93. The fourth-order valence-corrected chi connectivity index (χ4v) is 1.11. The number of aliphatic hydroxyl groups excluding tert-OH is 1. The van der Waals surface area contributed by atoms with E-state index in [1.165, 1.54) is 25.7 Å². The molecule has 0 aromatic carbocycles. The lowest BCUT2D eigenvalue weighted by atomic mass is 10.2. The molecule has 0 spiro atoms. The van der Waals surface area contributed by atoms with Gasteiger partial charge in [-0.15, -0.1) is 0 Å². The molecule has 0 aromatic rings. The fraction of sp³-hybridized carbons (Fsp3) is 1.00. The van der Waals surface area contributed by atoms with Crippen molar-refractivity contribution in [2.45, 2.75) is 52.1 Å². The van der Waals surface area contributed by atoms with Gasteiger partial charge in [0.05, 0.1) is 6.10 Å². The summed E-state index contributed by atoms with van der Waals surface area (Å²) in [6, 6.07) is 0. The zero-order valence-corrected chi connectivity index (χ0v) is 8.47. The highest BCUT2D eigenvalue weighted by atomic mass is 16.3. The molecule has 0 rings (SSSR count). The Morgan fingerprint density at radius 1 is 1.17 bits per heavy atom. The molecule has 2 heteroatoms. The normalized spacial score (nSPS) is 13.2. The highest BCUT2D eigenvalue weighted by molar-refractivity contribution is 4.52. The highest BCUT2D eigenvalue weighted by Crippen LogP contribution is 1.97. The molecule has 0 heterocycles. The Hall–Kier alpha value is -0.0800. The second kappa shape index (κ2) is 9.01. The van der Waals surface area contributed by atoms with Crippen LogP contribution in [0.5, 0.6) is 0 Å². The van der Waals surface area contributed by atoms with Crippen LogP contribution in [0.25, 0.3) is 0 Å². The van der Waals surface area contributed by atoms with Crippen molar-refractivity contribution in [1.29, 1.82) is 0 Å². The van der Waals surface area contributed by atoms with Gasteiger partial charge >= 0.3 is 0 Å². The summed E-state index contributed by atoms with van der Waals surface area (Å²) in [6.45, 7) is 6.11. The van der Waals surface area contributed by atoms with Crippen LogP contribution in [0.15, 0.2) is 0 Å². The van der Waals surface area contributed by atoms with Gasteiger partial charge in [0.1, 0.15) is 0 Å². The Bertz CT molecular complexity index is 83.9. The quantitative estimate of drug-likeness (QED) is 0.550. The molecule has 0 radical (unpaired) electrons. The van der Waals surface area contributed by atoms with Crippen molar-refractivity contribution in [1.82, 2.24) is 5.32 Å². The lowest BCUT2D eigenvalue weighted by molar-refractivity contribution is 0.184. The van der Waals surface area contributed by atoms with Crippen molar-refractivity contribution in [2.75, 3.05) is 13.1 Å². The van der Waals surface area contributed by atoms with Crippen LogP contribution in [-0.4, -0.2) is 24.3 Å². The van der Waals surface area contributed by atoms with Gasteiger partial charge in [-0.2, -0.15) is 0 Å². The van der Waals surface area contributed by atoms with Crippen molar-refractivity contribution in [3.8, 4) is 0 Å². The van der Waals surface area contributed by atoms with Gasteiger partial charge in [0, 0.05) is 0 Å². The number of hydrogen-bond acceptors (Lipinski definition) is 2. The number of aliphatic hydroxyl groups is 1. The maximum Gasteiger partial charge on any atom is 0.0524 e. The second-order valence-electron chi connectivity index (χ2n) is 3.45. The lowest BCUT2D eigenvalue weighted by Gasteiger charge is -2.05. The Morgan fingerprint density at radius 2 is 1.92 bits per heavy atom. The molecule has 0 fully saturated rings. The van der Waals surface area contributed by atoms with Crippen LogP contribution in [0.2, 0.25) is 0 Å². The monoisotopic (exact) mass is 173 g/mol. The number of nitrogens with one attached hydrogen (secondary N) is 1. The minimum Gasteiger partial charge on any atom is -0.393 e.